The molecule has 0 aromatic heterocycles. The zero-order valence-corrected chi connectivity index (χ0v) is 10.1. The minimum absolute atomic E-state index is 0.124. The number of nitrogens with two attached hydrogens (primary N) is 1. The second-order valence-corrected chi connectivity index (χ2v) is 5.02. The minimum atomic E-state index is -0.307. The van der Waals surface area contributed by atoms with Crippen LogP contribution in [0.25, 0.3) is 0 Å². The van der Waals surface area contributed by atoms with Crippen molar-refractivity contribution in [2.45, 2.75) is 24.8 Å². The van der Waals surface area contributed by atoms with E-state index in [4.69, 9.17) is 10.8 Å². The first-order chi connectivity index (χ1) is 7.06. The van der Waals surface area contributed by atoms with E-state index in [-0.39, 0.29) is 12.1 Å². The van der Waals surface area contributed by atoms with Crippen LogP contribution >= 0.6 is 0 Å². The van der Waals surface area contributed by atoms with Gasteiger partial charge >= 0.3 is 0 Å². The van der Waals surface area contributed by atoms with E-state index < -0.39 is 0 Å². The van der Waals surface area contributed by atoms with Gasteiger partial charge in [-0.3, -0.25) is 0 Å². The Bertz CT molecular complexity index is 177. The Morgan fingerprint density at radius 1 is 1.33 bits per heavy atom. The Morgan fingerprint density at radius 3 is 2.40 bits per heavy atom. The van der Waals surface area contributed by atoms with Crippen LogP contribution in [0, 0.1) is 0 Å². The van der Waals surface area contributed by atoms with Gasteiger partial charge in [0.15, 0.2) is 0 Å². The van der Waals surface area contributed by atoms with Gasteiger partial charge in [-0.2, -0.15) is 0 Å². The van der Waals surface area contributed by atoms with Crippen LogP contribution in [-0.4, -0.2) is 67.3 Å². The number of likely N-dealkylation sites (tertiary alicyclic amines) is 1. The maximum absolute atomic E-state index is 9.14. The van der Waals surface area contributed by atoms with Crippen molar-refractivity contribution in [1.82, 2.24) is 9.80 Å². The smallest absolute Gasteiger partial charge is 0.0612 e. The molecule has 0 aromatic carbocycles. The third-order valence-corrected chi connectivity index (χ3v) is 3.25. The zero-order valence-electron chi connectivity index (χ0n) is 10.1. The van der Waals surface area contributed by atoms with Crippen molar-refractivity contribution in [3.05, 3.63) is 0 Å². The molecule has 0 radical (unpaired) electrons. The molecule has 0 atom stereocenters. The van der Waals surface area contributed by atoms with E-state index in [0.717, 1.165) is 39.0 Å². The van der Waals surface area contributed by atoms with E-state index in [1.54, 1.807) is 0 Å². The van der Waals surface area contributed by atoms with E-state index >= 15 is 0 Å². The number of hydrogen-bond donors (Lipinski definition) is 2. The van der Waals surface area contributed by atoms with E-state index in [2.05, 4.69) is 23.9 Å². The van der Waals surface area contributed by atoms with Gasteiger partial charge in [0.25, 0.3) is 0 Å². The summed E-state index contributed by atoms with van der Waals surface area (Å²) in [5.74, 6) is 0. The molecule has 90 valence electrons. The highest BCUT2D eigenvalue weighted by atomic mass is 16.3. The highest BCUT2D eigenvalue weighted by Crippen LogP contribution is 2.18. The van der Waals surface area contributed by atoms with Crippen LogP contribution in [0.1, 0.15) is 19.3 Å². The van der Waals surface area contributed by atoms with Crippen molar-refractivity contribution in [2.24, 2.45) is 5.73 Å². The molecule has 0 spiro atoms. The van der Waals surface area contributed by atoms with Crippen LogP contribution in [0.3, 0.4) is 0 Å². The van der Waals surface area contributed by atoms with E-state index in [1.807, 2.05) is 0 Å². The zero-order chi connectivity index (χ0) is 11.3. The monoisotopic (exact) mass is 215 g/mol. The van der Waals surface area contributed by atoms with Crippen LogP contribution in [0.4, 0.5) is 0 Å². The van der Waals surface area contributed by atoms with Gasteiger partial charge in [0.2, 0.25) is 0 Å². The van der Waals surface area contributed by atoms with Crippen LogP contribution in [0.5, 0.6) is 0 Å². The molecule has 0 aromatic rings. The van der Waals surface area contributed by atoms with Gasteiger partial charge in [-0.05, 0) is 59.5 Å². The summed E-state index contributed by atoms with van der Waals surface area (Å²) in [6.07, 6.45) is 3.06. The summed E-state index contributed by atoms with van der Waals surface area (Å²) in [4.78, 5) is 4.66. The summed E-state index contributed by atoms with van der Waals surface area (Å²) < 4.78 is 0. The highest BCUT2D eigenvalue weighted by molar-refractivity contribution is 4.89. The summed E-state index contributed by atoms with van der Waals surface area (Å²) in [6.45, 7) is 4.48. The van der Waals surface area contributed by atoms with Crippen LogP contribution in [0.2, 0.25) is 0 Å². The second-order valence-electron chi connectivity index (χ2n) is 5.02. The molecule has 0 aliphatic carbocycles. The van der Waals surface area contributed by atoms with Crippen molar-refractivity contribution in [1.29, 1.82) is 0 Å². The lowest BCUT2D eigenvalue weighted by molar-refractivity contribution is 0.104. The maximum Gasteiger partial charge on any atom is 0.0612 e. The minimum Gasteiger partial charge on any atom is -0.394 e. The number of aliphatic hydroxyl groups is 1. The Morgan fingerprint density at radius 2 is 1.93 bits per heavy atom. The van der Waals surface area contributed by atoms with Crippen LogP contribution in [0.15, 0.2) is 0 Å². The predicted octanol–water partition coefficient (Wildman–Crippen LogP) is -0.276. The third kappa shape index (κ3) is 4.47. The number of rotatable bonds is 5. The van der Waals surface area contributed by atoms with Gasteiger partial charge in [0.1, 0.15) is 0 Å². The average Bonchev–Trinajstić information content (AvgIpc) is 2.21. The fourth-order valence-corrected chi connectivity index (χ4v) is 1.99. The maximum atomic E-state index is 9.14. The molecule has 3 N–H and O–H groups in total. The lowest BCUT2D eigenvalue weighted by Gasteiger charge is -2.38. The predicted molar refractivity (Wildman–Crippen MR) is 62.8 cm³/mol. The molecule has 0 bridgehead atoms. The molecule has 1 aliphatic rings. The average molecular weight is 215 g/mol. The van der Waals surface area contributed by atoms with Gasteiger partial charge in [-0.25, -0.2) is 0 Å². The van der Waals surface area contributed by atoms with Crippen molar-refractivity contribution < 1.29 is 5.11 Å². The molecule has 0 amide bonds. The molecular weight excluding hydrogens is 190 g/mol. The second kappa shape index (κ2) is 5.80. The number of piperidine rings is 1. The van der Waals surface area contributed by atoms with Crippen molar-refractivity contribution in [3.63, 3.8) is 0 Å². The Kier molecular flexibility index (Phi) is 4.99. The van der Waals surface area contributed by atoms with E-state index in [0.29, 0.717) is 0 Å². The molecule has 4 heteroatoms. The molecular formula is C11H25N3O. The molecule has 0 saturated carbocycles. The fourth-order valence-electron chi connectivity index (χ4n) is 1.99. The summed E-state index contributed by atoms with van der Waals surface area (Å²) in [5.41, 5.74) is 5.71. The highest BCUT2D eigenvalue weighted by Gasteiger charge is 2.29. The summed E-state index contributed by atoms with van der Waals surface area (Å²) in [6, 6.07) is 0. The summed E-state index contributed by atoms with van der Waals surface area (Å²) >= 11 is 0. The first-order valence-corrected chi connectivity index (χ1v) is 5.82. The third-order valence-electron chi connectivity index (χ3n) is 3.25. The van der Waals surface area contributed by atoms with Crippen molar-refractivity contribution in [3.8, 4) is 0 Å². The molecule has 15 heavy (non-hydrogen) atoms. The first-order valence-electron chi connectivity index (χ1n) is 5.82. The van der Waals surface area contributed by atoms with Gasteiger partial charge in [0, 0.05) is 5.54 Å². The summed E-state index contributed by atoms with van der Waals surface area (Å²) in [5, 5.41) is 9.14. The topological polar surface area (TPSA) is 52.7 Å². The quantitative estimate of drug-likeness (QED) is 0.662. The first kappa shape index (κ1) is 12.9. The van der Waals surface area contributed by atoms with Crippen molar-refractivity contribution >= 4 is 0 Å². The number of nitrogens with zero attached hydrogens (tertiary/aromatic N) is 2. The molecule has 1 fully saturated rings. The Hall–Kier alpha value is -0.160. The lowest BCUT2D eigenvalue weighted by Crippen LogP contribution is -2.53. The van der Waals surface area contributed by atoms with Gasteiger partial charge < -0.3 is 20.6 Å². The molecule has 4 nitrogen and oxygen atoms in total. The molecule has 1 aliphatic heterocycles. The normalized spacial score (nSPS) is 22.2. The Labute approximate surface area is 93.0 Å². The molecule has 1 rings (SSSR count). The SMILES string of the molecule is CN(C)CCCN1CCC(N)(CO)CC1. The number of hydrogen-bond acceptors (Lipinski definition) is 4. The van der Waals surface area contributed by atoms with Gasteiger partial charge in [0.05, 0.1) is 6.61 Å². The lowest BCUT2D eigenvalue weighted by atomic mass is 9.89. The summed E-state index contributed by atoms with van der Waals surface area (Å²) in [7, 11) is 4.21. The van der Waals surface area contributed by atoms with E-state index in [9.17, 15) is 0 Å². The largest absolute Gasteiger partial charge is 0.394 e. The van der Waals surface area contributed by atoms with Gasteiger partial charge in [-0.1, -0.05) is 0 Å². The van der Waals surface area contributed by atoms with Crippen LogP contribution < -0.4 is 5.73 Å². The molecule has 1 saturated heterocycles. The van der Waals surface area contributed by atoms with Gasteiger partial charge in [-0.15, -0.1) is 0 Å². The fraction of sp³-hybridized carbons (Fsp3) is 1.00. The standard InChI is InChI=1S/C11H25N3O/c1-13(2)6-3-7-14-8-4-11(12,10-15)5-9-14/h15H,3-10,12H2,1-2H3. The molecule has 0 unspecified atom stereocenters. The van der Waals surface area contributed by atoms with Crippen LogP contribution in [-0.2, 0) is 0 Å². The number of aliphatic hydroxyl groups excluding tert-OH is 1. The molecule has 1 heterocycles. The Balaban J connectivity index is 2.15. The van der Waals surface area contributed by atoms with E-state index in [1.165, 1.54) is 6.42 Å². The van der Waals surface area contributed by atoms with Crippen molar-refractivity contribution in [2.75, 3.05) is 46.9 Å².